The number of rotatable bonds is 4. The van der Waals surface area contributed by atoms with Crippen LogP contribution in [-0.4, -0.2) is 30.8 Å². The van der Waals surface area contributed by atoms with Crippen molar-refractivity contribution in [1.82, 2.24) is 0 Å². The number of carbonyl (C=O) groups excluding carboxylic acids is 1. The Balaban J connectivity index is 2.79. The van der Waals surface area contributed by atoms with E-state index in [-0.39, 0.29) is 4.90 Å². The summed E-state index contributed by atoms with van der Waals surface area (Å²) in [6, 6.07) is 5.19. The van der Waals surface area contributed by atoms with Gasteiger partial charge in [0.15, 0.2) is 6.29 Å². The molecule has 1 atom stereocenters. The van der Waals surface area contributed by atoms with E-state index in [1.54, 1.807) is 0 Å². The maximum absolute atomic E-state index is 11.5. The van der Waals surface area contributed by atoms with Gasteiger partial charge in [0.1, 0.15) is 0 Å². The van der Waals surface area contributed by atoms with Gasteiger partial charge in [-0.25, -0.2) is 13.6 Å². The van der Waals surface area contributed by atoms with Gasteiger partial charge >= 0.3 is 0 Å². The maximum Gasteiger partial charge on any atom is 0.238 e. The maximum atomic E-state index is 11.5. The van der Waals surface area contributed by atoms with Gasteiger partial charge in [-0.2, -0.15) is 0 Å². The van der Waals surface area contributed by atoms with Crippen LogP contribution in [0.2, 0.25) is 0 Å². The SMILES string of the molecule is CC(C(=O)Nc1ccc(S(N)(=O)=O)cc1)C(O)O. The van der Waals surface area contributed by atoms with Crippen LogP contribution in [-0.2, 0) is 14.8 Å². The molecule has 1 unspecified atom stereocenters. The zero-order chi connectivity index (χ0) is 13.9. The lowest BCUT2D eigenvalue weighted by Crippen LogP contribution is -2.30. The van der Waals surface area contributed by atoms with E-state index < -0.39 is 28.1 Å². The van der Waals surface area contributed by atoms with Crippen molar-refractivity contribution >= 4 is 21.6 Å². The van der Waals surface area contributed by atoms with Crippen molar-refractivity contribution in [1.29, 1.82) is 0 Å². The standard InChI is InChI=1S/C10H14N2O5S/c1-6(10(14)15)9(13)12-7-2-4-8(5-3-7)18(11,16)17/h2-6,10,14-15H,1H3,(H,12,13)(H2,11,16,17). The minimum atomic E-state index is -3.77. The molecule has 7 nitrogen and oxygen atoms in total. The van der Waals surface area contributed by atoms with Crippen LogP contribution >= 0.6 is 0 Å². The molecule has 0 aromatic heterocycles. The molecule has 5 N–H and O–H groups in total. The highest BCUT2D eigenvalue weighted by Gasteiger charge is 2.19. The Bertz CT molecular complexity index is 524. The molecule has 0 fully saturated rings. The number of nitrogens with two attached hydrogens (primary N) is 1. The number of nitrogens with one attached hydrogen (secondary N) is 1. The zero-order valence-corrected chi connectivity index (χ0v) is 10.4. The number of anilines is 1. The van der Waals surface area contributed by atoms with Crippen LogP contribution in [0, 0.1) is 5.92 Å². The molecule has 1 aromatic rings. The first kappa shape index (κ1) is 14.6. The minimum Gasteiger partial charge on any atom is -0.367 e. The van der Waals surface area contributed by atoms with Crippen molar-refractivity contribution in [2.24, 2.45) is 11.1 Å². The van der Waals surface area contributed by atoms with Crippen molar-refractivity contribution in [3.05, 3.63) is 24.3 Å². The van der Waals surface area contributed by atoms with Crippen LogP contribution in [0.5, 0.6) is 0 Å². The monoisotopic (exact) mass is 274 g/mol. The van der Waals surface area contributed by atoms with Gasteiger partial charge in [-0.1, -0.05) is 0 Å². The highest BCUT2D eigenvalue weighted by molar-refractivity contribution is 7.89. The van der Waals surface area contributed by atoms with E-state index in [2.05, 4.69) is 5.32 Å². The molecule has 0 aliphatic rings. The molecular weight excluding hydrogens is 260 g/mol. The summed E-state index contributed by atoms with van der Waals surface area (Å²) in [5.74, 6) is -1.59. The predicted molar refractivity (Wildman–Crippen MR) is 63.8 cm³/mol. The summed E-state index contributed by atoms with van der Waals surface area (Å²) in [5.41, 5.74) is 0.333. The summed E-state index contributed by atoms with van der Waals surface area (Å²) in [6.45, 7) is 1.35. The number of sulfonamides is 1. The number of amides is 1. The first-order valence-electron chi connectivity index (χ1n) is 5.01. The molecule has 0 heterocycles. The Hall–Kier alpha value is -1.48. The molecule has 1 amide bonds. The van der Waals surface area contributed by atoms with Gasteiger partial charge in [0.25, 0.3) is 0 Å². The smallest absolute Gasteiger partial charge is 0.238 e. The Morgan fingerprint density at radius 1 is 1.28 bits per heavy atom. The van der Waals surface area contributed by atoms with Crippen molar-refractivity contribution < 1.29 is 23.4 Å². The third-order valence-corrected chi connectivity index (χ3v) is 3.24. The lowest BCUT2D eigenvalue weighted by Gasteiger charge is -2.13. The second-order valence-corrected chi connectivity index (χ2v) is 5.32. The van der Waals surface area contributed by atoms with Crippen molar-refractivity contribution in [2.75, 3.05) is 5.32 Å². The average Bonchev–Trinajstić information content (AvgIpc) is 2.27. The van der Waals surface area contributed by atoms with Crippen LogP contribution in [0.25, 0.3) is 0 Å². The largest absolute Gasteiger partial charge is 0.367 e. The van der Waals surface area contributed by atoms with E-state index in [1.165, 1.54) is 31.2 Å². The first-order chi connectivity index (χ1) is 8.21. The topological polar surface area (TPSA) is 130 Å². The summed E-state index contributed by atoms with van der Waals surface area (Å²) >= 11 is 0. The van der Waals surface area contributed by atoms with Crippen LogP contribution in [0.3, 0.4) is 0 Å². The molecule has 0 saturated heterocycles. The van der Waals surface area contributed by atoms with Crippen LogP contribution in [0.1, 0.15) is 6.92 Å². The van der Waals surface area contributed by atoms with Gasteiger partial charge in [-0.15, -0.1) is 0 Å². The number of hydrogen-bond acceptors (Lipinski definition) is 5. The van der Waals surface area contributed by atoms with Gasteiger partial charge in [0, 0.05) is 5.69 Å². The fourth-order valence-electron chi connectivity index (χ4n) is 1.12. The summed E-state index contributed by atoms with van der Waals surface area (Å²) in [4.78, 5) is 11.4. The Labute approximate surface area is 104 Å². The Morgan fingerprint density at radius 3 is 2.17 bits per heavy atom. The van der Waals surface area contributed by atoms with E-state index >= 15 is 0 Å². The fraction of sp³-hybridized carbons (Fsp3) is 0.300. The molecular formula is C10H14N2O5S. The second-order valence-electron chi connectivity index (χ2n) is 3.76. The number of primary sulfonamides is 1. The predicted octanol–water partition coefficient (Wildman–Crippen LogP) is -0.781. The summed E-state index contributed by atoms with van der Waals surface area (Å²) in [6.07, 6.45) is -1.76. The van der Waals surface area contributed by atoms with Crippen molar-refractivity contribution in [3.63, 3.8) is 0 Å². The van der Waals surface area contributed by atoms with E-state index in [0.29, 0.717) is 5.69 Å². The number of hydrogen-bond donors (Lipinski definition) is 4. The Morgan fingerprint density at radius 2 is 1.78 bits per heavy atom. The lowest BCUT2D eigenvalue weighted by atomic mass is 10.1. The van der Waals surface area contributed by atoms with Crippen LogP contribution in [0.15, 0.2) is 29.2 Å². The lowest BCUT2D eigenvalue weighted by molar-refractivity contribution is -0.134. The molecule has 0 bridgehead atoms. The van der Waals surface area contributed by atoms with Gasteiger partial charge in [0.05, 0.1) is 10.8 Å². The molecule has 100 valence electrons. The molecule has 0 aliphatic heterocycles. The number of aliphatic hydroxyl groups excluding tert-OH is 1. The van der Waals surface area contributed by atoms with Gasteiger partial charge in [-0.05, 0) is 31.2 Å². The first-order valence-corrected chi connectivity index (χ1v) is 6.56. The van der Waals surface area contributed by atoms with E-state index in [1.807, 2.05) is 0 Å². The van der Waals surface area contributed by atoms with Crippen molar-refractivity contribution in [3.8, 4) is 0 Å². The van der Waals surface area contributed by atoms with Crippen LogP contribution in [0.4, 0.5) is 5.69 Å². The molecule has 0 aliphatic carbocycles. The van der Waals surface area contributed by atoms with Gasteiger partial charge in [-0.3, -0.25) is 4.79 Å². The minimum absolute atomic E-state index is 0.0734. The molecule has 0 spiro atoms. The van der Waals surface area contributed by atoms with E-state index in [0.717, 1.165) is 0 Å². The summed E-state index contributed by atoms with van der Waals surface area (Å²) < 4.78 is 22.0. The molecule has 8 heteroatoms. The number of aliphatic hydroxyl groups is 2. The van der Waals surface area contributed by atoms with Crippen molar-refractivity contribution in [2.45, 2.75) is 18.1 Å². The second kappa shape index (κ2) is 5.44. The van der Waals surface area contributed by atoms with E-state index in [4.69, 9.17) is 15.4 Å². The molecule has 1 aromatic carbocycles. The number of carbonyl (C=O) groups is 1. The third-order valence-electron chi connectivity index (χ3n) is 2.31. The molecule has 1 rings (SSSR count). The molecule has 18 heavy (non-hydrogen) atoms. The molecule has 0 radical (unpaired) electrons. The molecule has 0 saturated carbocycles. The highest BCUT2D eigenvalue weighted by Crippen LogP contribution is 2.14. The average molecular weight is 274 g/mol. The summed E-state index contributed by atoms with van der Waals surface area (Å²) in [5, 5.41) is 25.0. The quantitative estimate of drug-likeness (QED) is 0.535. The third kappa shape index (κ3) is 3.77. The van der Waals surface area contributed by atoms with Gasteiger partial charge < -0.3 is 15.5 Å². The fourth-order valence-corrected chi connectivity index (χ4v) is 1.63. The zero-order valence-electron chi connectivity index (χ0n) is 9.57. The van der Waals surface area contributed by atoms with E-state index in [9.17, 15) is 13.2 Å². The summed E-state index contributed by atoms with van der Waals surface area (Å²) in [7, 11) is -3.77. The normalized spacial score (nSPS) is 13.4. The Kier molecular flexibility index (Phi) is 4.41. The van der Waals surface area contributed by atoms with Crippen LogP contribution < -0.4 is 10.5 Å². The van der Waals surface area contributed by atoms with Gasteiger partial charge in [0.2, 0.25) is 15.9 Å². The number of benzene rings is 1. The highest BCUT2D eigenvalue weighted by atomic mass is 32.2.